The molecule has 1 aromatic rings. The van der Waals surface area contributed by atoms with Crippen LogP contribution in [-0.4, -0.2) is 19.6 Å². The number of halogens is 3. The third kappa shape index (κ3) is 4.37. The highest BCUT2D eigenvalue weighted by molar-refractivity contribution is 5.52. The van der Waals surface area contributed by atoms with Gasteiger partial charge in [-0.05, 0) is 49.9 Å². The number of hydrogen-bond acceptors (Lipinski definition) is 2. The number of alkyl halides is 3. The second kappa shape index (κ2) is 6.69. The molecule has 0 aromatic heterocycles. The summed E-state index contributed by atoms with van der Waals surface area (Å²) >= 11 is 0. The van der Waals surface area contributed by atoms with E-state index in [9.17, 15) is 13.2 Å². The first-order valence-corrected chi connectivity index (χ1v) is 7.61. The van der Waals surface area contributed by atoms with Crippen LogP contribution < -0.4 is 10.2 Å². The molecule has 2 rings (SSSR count). The zero-order chi connectivity index (χ0) is 15.5. The fourth-order valence-corrected chi connectivity index (χ4v) is 2.47. The fourth-order valence-electron chi connectivity index (χ4n) is 2.47. The Morgan fingerprint density at radius 3 is 2.48 bits per heavy atom. The summed E-state index contributed by atoms with van der Waals surface area (Å²) in [5.41, 5.74) is 0.475. The van der Waals surface area contributed by atoms with Crippen molar-refractivity contribution in [3.8, 4) is 0 Å². The van der Waals surface area contributed by atoms with Crippen molar-refractivity contribution in [1.82, 2.24) is 5.32 Å². The monoisotopic (exact) mass is 300 g/mol. The van der Waals surface area contributed by atoms with E-state index in [0.29, 0.717) is 23.7 Å². The Morgan fingerprint density at radius 1 is 1.24 bits per heavy atom. The maximum atomic E-state index is 13.3. The van der Waals surface area contributed by atoms with Gasteiger partial charge in [0.15, 0.2) is 0 Å². The molecule has 0 radical (unpaired) electrons. The van der Waals surface area contributed by atoms with E-state index in [-0.39, 0.29) is 6.54 Å². The third-order valence-corrected chi connectivity index (χ3v) is 3.89. The normalized spacial score (nSPS) is 15.3. The van der Waals surface area contributed by atoms with E-state index < -0.39 is 11.7 Å². The second-order valence-corrected chi connectivity index (χ2v) is 5.60. The molecular formula is C16H23F3N2. The average Bonchev–Trinajstić information content (AvgIpc) is 3.25. The van der Waals surface area contributed by atoms with Crippen LogP contribution in [0.15, 0.2) is 18.2 Å². The van der Waals surface area contributed by atoms with Gasteiger partial charge in [-0.2, -0.15) is 13.2 Å². The summed E-state index contributed by atoms with van der Waals surface area (Å²) in [6.45, 7) is 6.38. The van der Waals surface area contributed by atoms with Crippen LogP contribution >= 0.6 is 0 Å². The van der Waals surface area contributed by atoms with E-state index in [4.69, 9.17) is 0 Å². The number of nitrogens with one attached hydrogen (secondary N) is 1. The predicted molar refractivity (Wildman–Crippen MR) is 79.4 cm³/mol. The van der Waals surface area contributed by atoms with Crippen LogP contribution in [0.3, 0.4) is 0 Å². The minimum atomic E-state index is -4.31. The van der Waals surface area contributed by atoms with Crippen LogP contribution in [0.2, 0.25) is 0 Å². The Bertz CT molecular complexity index is 467. The van der Waals surface area contributed by atoms with Crippen molar-refractivity contribution in [2.24, 2.45) is 5.92 Å². The molecule has 0 unspecified atom stereocenters. The van der Waals surface area contributed by atoms with Gasteiger partial charge in [0.2, 0.25) is 0 Å². The van der Waals surface area contributed by atoms with Crippen LogP contribution in [0.5, 0.6) is 0 Å². The highest BCUT2D eigenvalue weighted by Gasteiger charge is 2.34. The van der Waals surface area contributed by atoms with Crippen LogP contribution in [0.1, 0.15) is 37.8 Å². The lowest BCUT2D eigenvalue weighted by atomic mass is 10.0. The standard InChI is InChI=1S/C16H23F3N2/c1-3-20-10-13-7-8-14(9-15(13)16(17,18)19)21(4-2)11-12-5-6-12/h7-9,12,20H,3-6,10-11H2,1-2H3. The van der Waals surface area contributed by atoms with Gasteiger partial charge >= 0.3 is 6.18 Å². The first-order chi connectivity index (χ1) is 9.95. The molecule has 0 amide bonds. The van der Waals surface area contributed by atoms with Crippen molar-refractivity contribution in [2.75, 3.05) is 24.5 Å². The first-order valence-electron chi connectivity index (χ1n) is 7.61. The van der Waals surface area contributed by atoms with Crippen molar-refractivity contribution >= 4 is 5.69 Å². The largest absolute Gasteiger partial charge is 0.416 e. The summed E-state index contributed by atoms with van der Waals surface area (Å²) in [6, 6.07) is 4.72. The van der Waals surface area contributed by atoms with Crippen molar-refractivity contribution in [1.29, 1.82) is 0 Å². The average molecular weight is 300 g/mol. The number of nitrogens with zero attached hydrogens (tertiary/aromatic N) is 1. The van der Waals surface area contributed by atoms with Crippen molar-refractivity contribution in [2.45, 2.75) is 39.4 Å². The zero-order valence-corrected chi connectivity index (χ0v) is 12.6. The number of anilines is 1. The van der Waals surface area contributed by atoms with Crippen molar-refractivity contribution in [3.63, 3.8) is 0 Å². The molecule has 0 heterocycles. The van der Waals surface area contributed by atoms with Gasteiger partial charge < -0.3 is 10.2 Å². The molecule has 1 aromatic carbocycles. The van der Waals surface area contributed by atoms with Gasteiger partial charge in [-0.1, -0.05) is 13.0 Å². The summed E-state index contributed by atoms with van der Waals surface area (Å²) in [7, 11) is 0. The molecule has 0 atom stereocenters. The molecule has 118 valence electrons. The number of hydrogen-bond donors (Lipinski definition) is 1. The van der Waals surface area contributed by atoms with E-state index in [1.807, 2.05) is 24.8 Å². The zero-order valence-electron chi connectivity index (χ0n) is 12.6. The van der Waals surface area contributed by atoms with Gasteiger partial charge in [-0.15, -0.1) is 0 Å². The van der Waals surface area contributed by atoms with E-state index in [0.717, 1.165) is 13.1 Å². The van der Waals surface area contributed by atoms with E-state index in [1.165, 1.54) is 18.9 Å². The van der Waals surface area contributed by atoms with Gasteiger partial charge in [0, 0.05) is 25.3 Å². The van der Waals surface area contributed by atoms with E-state index in [1.54, 1.807) is 6.07 Å². The highest BCUT2D eigenvalue weighted by atomic mass is 19.4. The molecule has 1 fully saturated rings. The molecule has 0 bridgehead atoms. The molecule has 1 aliphatic rings. The minimum absolute atomic E-state index is 0.250. The number of benzene rings is 1. The Hall–Kier alpha value is -1.23. The topological polar surface area (TPSA) is 15.3 Å². The minimum Gasteiger partial charge on any atom is -0.372 e. The Labute approximate surface area is 124 Å². The van der Waals surface area contributed by atoms with Gasteiger partial charge in [-0.3, -0.25) is 0 Å². The summed E-state index contributed by atoms with van der Waals surface area (Å²) in [5, 5.41) is 2.97. The number of rotatable bonds is 7. The molecule has 0 spiro atoms. The first kappa shape index (κ1) is 16.1. The fraction of sp³-hybridized carbons (Fsp3) is 0.625. The lowest BCUT2D eigenvalue weighted by Crippen LogP contribution is -2.26. The van der Waals surface area contributed by atoms with Crippen LogP contribution in [0.25, 0.3) is 0 Å². The molecule has 0 aliphatic heterocycles. The van der Waals surface area contributed by atoms with Gasteiger partial charge in [0.05, 0.1) is 5.56 Å². The molecule has 1 saturated carbocycles. The maximum absolute atomic E-state index is 13.3. The summed E-state index contributed by atoms with van der Waals surface area (Å²) in [6.07, 6.45) is -1.91. The smallest absolute Gasteiger partial charge is 0.372 e. The van der Waals surface area contributed by atoms with Gasteiger partial charge in [-0.25, -0.2) is 0 Å². The Balaban J connectivity index is 2.26. The quantitative estimate of drug-likeness (QED) is 0.817. The molecule has 1 aliphatic carbocycles. The van der Waals surface area contributed by atoms with E-state index in [2.05, 4.69) is 5.32 Å². The third-order valence-electron chi connectivity index (χ3n) is 3.89. The summed E-state index contributed by atoms with van der Waals surface area (Å²) < 4.78 is 39.8. The molecule has 0 saturated heterocycles. The van der Waals surface area contributed by atoms with Gasteiger partial charge in [0.25, 0.3) is 0 Å². The van der Waals surface area contributed by atoms with Crippen molar-refractivity contribution < 1.29 is 13.2 Å². The SMILES string of the molecule is CCNCc1ccc(N(CC)CC2CC2)cc1C(F)(F)F. The summed E-state index contributed by atoms with van der Waals surface area (Å²) in [4.78, 5) is 2.05. The molecule has 1 N–H and O–H groups in total. The molecule has 5 heteroatoms. The van der Waals surface area contributed by atoms with Crippen molar-refractivity contribution in [3.05, 3.63) is 29.3 Å². The molecule has 2 nitrogen and oxygen atoms in total. The molecular weight excluding hydrogens is 277 g/mol. The predicted octanol–water partition coefficient (Wildman–Crippen LogP) is 4.05. The van der Waals surface area contributed by atoms with E-state index >= 15 is 0 Å². The van der Waals surface area contributed by atoms with Crippen LogP contribution in [0.4, 0.5) is 18.9 Å². The lowest BCUT2D eigenvalue weighted by molar-refractivity contribution is -0.138. The Morgan fingerprint density at radius 2 is 1.95 bits per heavy atom. The maximum Gasteiger partial charge on any atom is 0.416 e. The second-order valence-electron chi connectivity index (χ2n) is 5.60. The highest BCUT2D eigenvalue weighted by Crippen LogP contribution is 2.36. The Kier molecular flexibility index (Phi) is 5.14. The van der Waals surface area contributed by atoms with Gasteiger partial charge in [0.1, 0.15) is 0 Å². The van der Waals surface area contributed by atoms with Crippen LogP contribution in [0, 0.1) is 5.92 Å². The summed E-state index contributed by atoms with van der Waals surface area (Å²) in [5.74, 6) is 0.653. The lowest BCUT2D eigenvalue weighted by Gasteiger charge is -2.25. The molecule has 21 heavy (non-hydrogen) atoms. The van der Waals surface area contributed by atoms with Crippen LogP contribution in [-0.2, 0) is 12.7 Å².